The minimum atomic E-state index is -1.14. The second-order valence-electron chi connectivity index (χ2n) is 4.10. The Kier molecular flexibility index (Phi) is 3.24. The fourth-order valence-corrected chi connectivity index (χ4v) is 1.85. The smallest absolute Gasteiger partial charge is 0.251 e. The summed E-state index contributed by atoms with van der Waals surface area (Å²) in [5.74, 6) is -0.377. The van der Waals surface area contributed by atoms with E-state index in [0.717, 1.165) is 5.69 Å². The summed E-state index contributed by atoms with van der Waals surface area (Å²) in [6.45, 7) is -0.556. The van der Waals surface area contributed by atoms with Crippen molar-refractivity contribution in [3.8, 4) is 0 Å². The fraction of sp³-hybridized carbons (Fsp3) is 0.364. The van der Waals surface area contributed by atoms with Gasteiger partial charge in [0.2, 0.25) is 0 Å². The molecule has 1 aromatic rings. The lowest BCUT2D eigenvalue weighted by Crippen LogP contribution is -2.39. The van der Waals surface area contributed by atoms with E-state index >= 15 is 0 Å². The maximum absolute atomic E-state index is 11.7. The molecule has 0 atom stereocenters. The Morgan fingerprint density at radius 3 is 2.35 bits per heavy atom. The van der Waals surface area contributed by atoms with Crippen LogP contribution in [0.4, 0.5) is 5.69 Å². The zero-order valence-electron chi connectivity index (χ0n) is 9.06. The van der Waals surface area contributed by atoms with E-state index in [9.17, 15) is 15.0 Å². The molecule has 2 rings (SSSR count). The van der Waals surface area contributed by atoms with Crippen LogP contribution in [0.1, 0.15) is 0 Å². The Labute approximate surface area is 104 Å². The highest BCUT2D eigenvalue weighted by Gasteiger charge is 2.45. The van der Waals surface area contributed by atoms with E-state index in [1.807, 2.05) is 0 Å². The predicted molar refractivity (Wildman–Crippen MR) is 63.5 cm³/mol. The molecule has 3 N–H and O–H groups in total. The summed E-state index contributed by atoms with van der Waals surface area (Å²) in [7, 11) is 0. The Hall–Kier alpha value is -1.30. The van der Waals surface area contributed by atoms with Gasteiger partial charge in [-0.2, -0.15) is 0 Å². The minimum Gasteiger partial charge on any atom is -0.395 e. The molecule has 1 aliphatic rings. The first-order valence-corrected chi connectivity index (χ1v) is 5.55. The highest BCUT2D eigenvalue weighted by Crippen LogP contribution is 2.27. The monoisotopic (exact) mass is 256 g/mol. The molecule has 17 heavy (non-hydrogen) atoms. The summed E-state index contributed by atoms with van der Waals surface area (Å²) in [5.41, 5.74) is 2.23. The van der Waals surface area contributed by atoms with E-state index in [4.69, 9.17) is 11.6 Å². The number of amides is 1. The van der Waals surface area contributed by atoms with Crippen LogP contribution < -0.4 is 10.4 Å². The van der Waals surface area contributed by atoms with Gasteiger partial charge < -0.3 is 10.2 Å². The molecule has 1 fully saturated rings. The minimum absolute atomic E-state index is 0.223. The number of anilines is 1. The highest BCUT2D eigenvalue weighted by molar-refractivity contribution is 6.30. The van der Waals surface area contributed by atoms with Crippen LogP contribution in [0.3, 0.4) is 0 Å². The van der Waals surface area contributed by atoms with Crippen molar-refractivity contribution in [2.45, 2.75) is 0 Å². The average molecular weight is 257 g/mol. The highest BCUT2D eigenvalue weighted by atomic mass is 35.5. The normalized spacial score (nSPS) is 18.3. The molecule has 1 saturated heterocycles. The molecule has 1 heterocycles. The summed E-state index contributed by atoms with van der Waals surface area (Å²) in [6.07, 6.45) is 0. The van der Waals surface area contributed by atoms with Crippen molar-refractivity contribution < 1.29 is 15.0 Å². The van der Waals surface area contributed by atoms with Crippen molar-refractivity contribution in [1.82, 2.24) is 5.43 Å². The molecule has 1 amide bonds. The van der Waals surface area contributed by atoms with Crippen LogP contribution >= 0.6 is 11.6 Å². The molecular formula is C11H13ClN2O3. The van der Waals surface area contributed by atoms with Gasteiger partial charge in [-0.25, -0.2) is 0 Å². The maximum Gasteiger partial charge on any atom is 0.251 e. The summed E-state index contributed by atoms with van der Waals surface area (Å²) >= 11 is 5.77. The van der Waals surface area contributed by atoms with Gasteiger partial charge in [-0.15, -0.1) is 0 Å². The summed E-state index contributed by atoms with van der Waals surface area (Å²) < 4.78 is 0. The van der Waals surface area contributed by atoms with Crippen LogP contribution in [0.25, 0.3) is 0 Å². The van der Waals surface area contributed by atoms with Crippen molar-refractivity contribution in [1.29, 1.82) is 0 Å². The van der Waals surface area contributed by atoms with Gasteiger partial charge in [0.05, 0.1) is 25.4 Å². The zero-order valence-corrected chi connectivity index (χ0v) is 9.81. The van der Waals surface area contributed by atoms with Gasteiger partial charge in [0.25, 0.3) is 5.91 Å². The summed E-state index contributed by atoms with van der Waals surface area (Å²) in [6, 6.07) is 6.93. The van der Waals surface area contributed by atoms with E-state index in [0.29, 0.717) is 5.02 Å². The number of hydrogen-bond donors (Lipinski definition) is 3. The van der Waals surface area contributed by atoms with Gasteiger partial charge in [0.15, 0.2) is 0 Å². The average Bonchev–Trinajstić information content (AvgIpc) is 2.68. The van der Waals surface area contributed by atoms with Crippen LogP contribution in [-0.4, -0.2) is 35.9 Å². The lowest BCUT2D eigenvalue weighted by atomic mass is 9.90. The first-order valence-electron chi connectivity index (χ1n) is 5.17. The molecule has 0 saturated carbocycles. The molecule has 92 valence electrons. The van der Waals surface area contributed by atoms with Crippen LogP contribution in [-0.2, 0) is 4.79 Å². The standard InChI is InChI=1S/C11H13ClN2O3/c12-8-1-3-9(4-2-8)14-5-11(6-15,7-16)10(17)13-14/h1-4,15-16H,5-7H2,(H,13,17). The second-order valence-corrected chi connectivity index (χ2v) is 4.54. The van der Waals surface area contributed by atoms with Crippen LogP contribution in [0.5, 0.6) is 0 Å². The second kappa shape index (κ2) is 4.52. The number of halogens is 1. The molecule has 0 radical (unpaired) electrons. The van der Waals surface area contributed by atoms with Crippen molar-refractivity contribution in [2.75, 3.05) is 24.8 Å². The molecule has 5 nitrogen and oxygen atoms in total. The molecule has 0 bridgehead atoms. The topological polar surface area (TPSA) is 72.8 Å². The first kappa shape index (κ1) is 12.2. The van der Waals surface area contributed by atoms with Gasteiger partial charge in [0, 0.05) is 5.02 Å². The number of carbonyl (C=O) groups excluding carboxylic acids is 1. The Morgan fingerprint density at radius 2 is 1.88 bits per heavy atom. The number of nitrogens with zero attached hydrogens (tertiary/aromatic N) is 1. The number of nitrogens with one attached hydrogen (secondary N) is 1. The van der Waals surface area contributed by atoms with E-state index in [-0.39, 0.29) is 25.7 Å². The number of hydrogen-bond acceptors (Lipinski definition) is 4. The van der Waals surface area contributed by atoms with Crippen LogP contribution in [0, 0.1) is 5.41 Å². The molecule has 0 aromatic heterocycles. The zero-order chi connectivity index (χ0) is 12.5. The van der Waals surface area contributed by atoms with E-state index in [1.54, 1.807) is 29.3 Å². The Balaban J connectivity index is 2.21. The van der Waals surface area contributed by atoms with Gasteiger partial charge in [-0.3, -0.25) is 15.2 Å². The quantitative estimate of drug-likeness (QED) is 0.721. The van der Waals surface area contributed by atoms with Gasteiger partial charge >= 0.3 is 0 Å². The SMILES string of the molecule is O=C1NN(c2ccc(Cl)cc2)CC1(CO)CO. The number of aliphatic hydroxyl groups is 2. The first-order chi connectivity index (χ1) is 8.11. The molecular weight excluding hydrogens is 244 g/mol. The van der Waals surface area contributed by atoms with Crippen molar-refractivity contribution >= 4 is 23.2 Å². The molecule has 1 aliphatic heterocycles. The summed E-state index contributed by atoms with van der Waals surface area (Å²) in [5, 5.41) is 20.6. The van der Waals surface area contributed by atoms with Gasteiger partial charge in [-0.1, -0.05) is 11.6 Å². The number of carbonyl (C=O) groups is 1. The van der Waals surface area contributed by atoms with Crippen molar-refractivity contribution in [3.63, 3.8) is 0 Å². The molecule has 0 spiro atoms. The summed E-state index contributed by atoms with van der Waals surface area (Å²) in [4.78, 5) is 11.7. The third kappa shape index (κ3) is 2.09. The van der Waals surface area contributed by atoms with E-state index in [1.165, 1.54) is 0 Å². The largest absolute Gasteiger partial charge is 0.395 e. The fourth-order valence-electron chi connectivity index (χ4n) is 1.73. The van der Waals surface area contributed by atoms with Crippen LogP contribution in [0.2, 0.25) is 5.02 Å². The van der Waals surface area contributed by atoms with Gasteiger partial charge in [0.1, 0.15) is 5.41 Å². The number of benzene rings is 1. The number of aliphatic hydroxyl groups excluding tert-OH is 2. The van der Waals surface area contributed by atoms with Crippen LogP contribution in [0.15, 0.2) is 24.3 Å². The predicted octanol–water partition coefficient (Wildman–Crippen LogP) is 0.162. The van der Waals surface area contributed by atoms with Crippen molar-refractivity contribution in [3.05, 3.63) is 29.3 Å². The van der Waals surface area contributed by atoms with E-state index in [2.05, 4.69) is 5.43 Å². The number of hydrazine groups is 1. The number of rotatable bonds is 3. The molecule has 0 unspecified atom stereocenters. The molecule has 0 aliphatic carbocycles. The van der Waals surface area contributed by atoms with E-state index < -0.39 is 5.41 Å². The maximum atomic E-state index is 11.7. The third-order valence-corrected chi connectivity index (χ3v) is 3.17. The third-order valence-electron chi connectivity index (χ3n) is 2.92. The molecule has 1 aromatic carbocycles. The Morgan fingerprint density at radius 1 is 1.29 bits per heavy atom. The lowest BCUT2D eigenvalue weighted by Gasteiger charge is -2.21. The Bertz CT molecular complexity index is 417. The van der Waals surface area contributed by atoms with Gasteiger partial charge in [-0.05, 0) is 24.3 Å². The lowest BCUT2D eigenvalue weighted by molar-refractivity contribution is -0.131. The van der Waals surface area contributed by atoms with Crippen molar-refractivity contribution in [2.24, 2.45) is 5.41 Å². The molecule has 6 heteroatoms.